The largest absolute Gasteiger partial charge is 0.376 e. The number of carbonyl (C=O) groups excluding carboxylic acids is 1. The van der Waals surface area contributed by atoms with Crippen molar-refractivity contribution in [1.29, 1.82) is 0 Å². The van der Waals surface area contributed by atoms with E-state index in [0.29, 0.717) is 6.61 Å². The number of anilines is 1. The third-order valence-electron chi connectivity index (χ3n) is 2.41. The molecule has 1 fully saturated rings. The summed E-state index contributed by atoms with van der Waals surface area (Å²) in [5, 5.41) is 8.84. The summed E-state index contributed by atoms with van der Waals surface area (Å²) in [7, 11) is 0. The lowest BCUT2D eigenvalue weighted by molar-refractivity contribution is 0.0857. The number of hydrogen-bond donors (Lipinski definition) is 3. The van der Waals surface area contributed by atoms with Crippen LogP contribution in [-0.4, -0.2) is 39.8 Å². The Morgan fingerprint density at radius 2 is 2.53 bits per heavy atom. The molecule has 2 heterocycles. The Hall–Kier alpha value is -1.63. The average Bonchev–Trinajstić information content (AvgIpc) is 2.77. The van der Waals surface area contributed by atoms with Crippen molar-refractivity contribution in [3.05, 3.63) is 5.82 Å². The minimum atomic E-state index is -0.304. The first kappa shape index (κ1) is 9.91. The lowest BCUT2D eigenvalue weighted by Crippen LogP contribution is -2.39. The Balaban J connectivity index is 1.97. The summed E-state index contributed by atoms with van der Waals surface area (Å²) in [5.74, 6) is -0.107. The third-order valence-corrected chi connectivity index (χ3v) is 2.41. The van der Waals surface area contributed by atoms with Gasteiger partial charge in [0.05, 0.1) is 12.1 Å². The first-order valence-corrected chi connectivity index (χ1v) is 4.77. The fourth-order valence-corrected chi connectivity index (χ4v) is 1.53. The molecule has 1 saturated heterocycles. The smallest absolute Gasteiger partial charge is 0.288 e. The molecular weight excluding hydrogens is 198 g/mol. The predicted octanol–water partition coefficient (Wildman–Crippen LogP) is -0.706. The molecule has 0 radical (unpaired) electrons. The van der Waals surface area contributed by atoms with Gasteiger partial charge in [-0.2, -0.15) is 4.98 Å². The SMILES string of the molecule is CC1OCCC1NC(=O)c1nc(N)n[nH]1. The van der Waals surface area contributed by atoms with Crippen LogP contribution in [0, 0.1) is 0 Å². The van der Waals surface area contributed by atoms with Gasteiger partial charge in [0.25, 0.3) is 5.91 Å². The topological polar surface area (TPSA) is 106 Å². The summed E-state index contributed by atoms with van der Waals surface area (Å²) in [6.07, 6.45) is 0.852. The number of nitrogens with zero attached hydrogens (tertiary/aromatic N) is 2. The van der Waals surface area contributed by atoms with Crippen molar-refractivity contribution in [3.63, 3.8) is 0 Å². The van der Waals surface area contributed by atoms with Crippen molar-refractivity contribution in [2.24, 2.45) is 0 Å². The molecule has 7 heteroatoms. The van der Waals surface area contributed by atoms with E-state index in [2.05, 4.69) is 20.5 Å². The molecule has 0 aliphatic carbocycles. The average molecular weight is 211 g/mol. The molecule has 2 unspecified atom stereocenters. The normalized spacial score (nSPS) is 25.4. The van der Waals surface area contributed by atoms with Crippen LogP contribution in [0.25, 0.3) is 0 Å². The molecule has 1 aliphatic heterocycles. The number of rotatable bonds is 2. The quantitative estimate of drug-likeness (QED) is 0.599. The highest BCUT2D eigenvalue weighted by Crippen LogP contribution is 2.12. The number of H-pyrrole nitrogens is 1. The maximum Gasteiger partial charge on any atom is 0.288 e. The first-order valence-electron chi connectivity index (χ1n) is 4.77. The van der Waals surface area contributed by atoms with Gasteiger partial charge in [0.1, 0.15) is 0 Å². The van der Waals surface area contributed by atoms with Crippen LogP contribution in [0.3, 0.4) is 0 Å². The van der Waals surface area contributed by atoms with Gasteiger partial charge in [-0.1, -0.05) is 0 Å². The van der Waals surface area contributed by atoms with Gasteiger partial charge in [-0.25, -0.2) is 0 Å². The minimum Gasteiger partial charge on any atom is -0.376 e. The first-order chi connectivity index (χ1) is 7.16. The zero-order valence-corrected chi connectivity index (χ0v) is 8.36. The molecule has 15 heavy (non-hydrogen) atoms. The van der Waals surface area contributed by atoms with E-state index in [1.54, 1.807) is 0 Å². The van der Waals surface area contributed by atoms with Crippen LogP contribution in [-0.2, 0) is 4.74 Å². The van der Waals surface area contributed by atoms with E-state index in [-0.39, 0.29) is 29.8 Å². The number of nitrogen functional groups attached to an aromatic ring is 1. The van der Waals surface area contributed by atoms with E-state index in [4.69, 9.17) is 10.5 Å². The monoisotopic (exact) mass is 211 g/mol. The number of amides is 1. The number of aromatic amines is 1. The molecule has 1 amide bonds. The van der Waals surface area contributed by atoms with E-state index >= 15 is 0 Å². The van der Waals surface area contributed by atoms with Gasteiger partial charge in [0.15, 0.2) is 0 Å². The van der Waals surface area contributed by atoms with Gasteiger partial charge in [0.2, 0.25) is 11.8 Å². The standard InChI is InChI=1S/C8H13N5O2/c1-4-5(2-3-15-4)10-7(14)6-11-8(9)13-12-6/h4-5H,2-3H2,1H3,(H,10,14)(H3,9,11,12,13). The van der Waals surface area contributed by atoms with Crippen molar-refractivity contribution in [2.45, 2.75) is 25.5 Å². The lowest BCUT2D eigenvalue weighted by atomic mass is 10.1. The van der Waals surface area contributed by atoms with E-state index < -0.39 is 0 Å². The lowest BCUT2D eigenvalue weighted by Gasteiger charge is -2.14. The van der Waals surface area contributed by atoms with Crippen molar-refractivity contribution in [2.75, 3.05) is 12.3 Å². The number of carbonyl (C=O) groups is 1. The zero-order valence-electron chi connectivity index (χ0n) is 8.36. The summed E-state index contributed by atoms with van der Waals surface area (Å²) in [6, 6.07) is 0.0313. The summed E-state index contributed by atoms with van der Waals surface area (Å²) in [4.78, 5) is 15.3. The Kier molecular flexibility index (Phi) is 2.55. The van der Waals surface area contributed by atoms with Crippen LogP contribution in [0.5, 0.6) is 0 Å². The van der Waals surface area contributed by atoms with E-state index in [9.17, 15) is 4.79 Å². The fourth-order valence-electron chi connectivity index (χ4n) is 1.53. The van der Waals surface area contributed by atoms with Crippen LogP contribution in [0.1, 0.15) is 24.0 Å². The molecule has 1 aromatic rings. The van der Waals surface area contributed by atoms with Crippen molar-refractivity contribution in [1.82, 2.24) is 20.5 Å². The summed E-state index contributed by atoms with van der Waals surface area (Å²) in [5.41, 5.74) is 5.29. The molecule has 0 saturated carbocycles. The summed E-state index contributed by atoms with van der Waals surface area (Å²) >= 11 is 0. The molecule has 7 nitrogen and oxygen atoms in total. The minimum absolute atomic E-state index is 0.0313. The van der Waals surface area contributed by atoms with Crippen LogP contribution < -0.4 is 11.1 Å². The number of hydrogen-bond acceptors (Lipinski definition) is 5. The van der Waals surface area contributed by atoms with Gasteiger partial charge in [0, 0.05) is 6.61 Å². The number of nitrogens with two attached hydrogens (primary N) is 1. The second kappa shape index (κ2) is 3.85. The zero-order chi connectivity index (χ0) is 10.8. The second-order valence-corrected chi connectivity index (χ2v) is 3.49. The Morgan fingerprint density at radius 3 is 3.07 bits per heavy atom. The molecule has 0 bridgehead atoms. The molecular formula is C8H13N5O2. The Labute approximate surface area is 86.4 Å². The molecule has 2 rings (SSSR count). The molecule has 1 aliphatic rings. The van der Waals surface area contributed by atoms with Gasteiger partial charge in [-0.05, 0) is 13.3 Å². The maximum atomic E-state index is 11.6. The van der Waals surface area contributed by atoms with Gasteiger partial charge >= 0.3 is 0 Å². The second-order valence-electron chi connectivity index (χ2n) is 3.49. The van der Waals surface area contributed by atoms with Crippen LogP contribution in [0.4, 0.5) is 5.95 Å². The predicted molar refractivity (Wildman–Crippen MR) is 52.1 cm³/mol. The van der Waals surface area contributed by atoms with Crippen LogP contribution in [0.15, 0.2) is 0 Å². The number of aromatic nitrogens is 3. The fraction of sp³-hybridized carbons (Fsp3) is 0.625. The third kappa shape index (κ3) is 2.07. The highest BCUT2D eigenvalue weighted by Gasteiger charge is 2.26. The molecule has 4 N–H and O–H groups in total. The molecule has 82 valence electrons. The highest BCUT2D eigenvalue weighted by atomic mass is 16.5. The highest BCUT2D eigenvalue weighted by molar-refractivity contribution is 5.90. The van der Waals surface area contributed by atoms with Crippen molar-refractivity contribution in [3.8, 4) is 0 Å². The summed E-state index contributed by atoms with van der Waals surface area (Å²) in [6.45, 7) is 2.59. The van der Waals surface area contributed by atoms with Gasteiger partial charge < -0.3 is 15.8 Å². The number of nitrogens with one attached hydrogen (secondary N) is 2. The van der Waals surface area contributed by atoms with Crippen molar-refractivity contribution >= 4 is 11.9 Å². The maximum absolute atomic E-state index is 11.6. The Morgan fingerprint density at radius 1 is 1.73 bits per heavy atom. The van der Waals surface area contributed by atoms with Gasteiger partial charge in [-0.3, -0.25) is 9.89 Å². The molecule has 0 aromatic carbocycles. The Bertz CT molecular complexity index is 364. The van der Waals surface area contributed by atoms with Crippen molar-refractivity contribution < 1.29 is 9.53 Å². The molecule has 0 spiro atoms. The van der Waals surface area contributed by atoms with Crippen LogP contribution >= 0.6 is 0 Å². The van der Waals surface area contributed by atoms with E-state index in [1.807, 2.05) is 6.92 Å². The van der Waals surface area contributed by atoms with Crippen LogP contribution in [0.2, 0.25) is 0 Å². The summed E-state index contributed by atoms with van der Waals surface area (Å²) < 4.78 is 5.32. The molecule has 1 aromatic heterocycles. The van der Waals surface area contributed by atoms with Gasteiger partial charge in [-0.15, -0.1) is 5.10 Å². The number of ether oxygens (including phenoxy) is 1. The van der Waals surface area contributed by atoms with E-state index in [0.717, 1.165) is 6.42 Å². The molecule has 2 atom stereocenters. The van der Waals surface area contributed by atoms with E-state index in [1.165, 1.54) is 0 Å².